The molecule has 11 rings (SSSR count). The molecule has 3 nitrogen and oxygen atoms in total. The Morgan fingerprint density at radius 2 is 1.12 bits per heavy atom. The minimum absolute atomic E-state index is 0.469. The van der Waals surface area contributed by atoms with Crippen LogP contribution in [0.4, 0.5) is 0 Å². The molecule has 0 bridgehead atoms. The predicted molar refractivity (Wildman–Crippen MR) is 208 cm³/mol. The van der Waals surface area contributed by atoms with Crippen LogP contribution in [0.15, 0.2) is 168 Å². The van der Waals surface area contributed by atoms with Crippen molar-refractivity contribution < 1.29 is 0 Å². The van der Waals surface area contributed by atoms with E-state index in [0.717, 1.165) is 23.1 Å². The van der Waals surface area contributed by atoms with Crippen LogP contribution in [0.1, 0.15) is 33.4 Å². The molecule has 3 aliphatic rings. The van der Waals surface area contributed by atoms with E-state index < -0.39 is 5.41 Å². The van der Waals surface area contributed by atoms with Crippen molar-refractivity contribution in [1.82, 2.24) is 15.0 Å². The Balaban J connectivity index is 1.19. The molecule has 7 aromatic carbocycles. The van der Waals surface area contributed by atoms with Crippen molar-refractivity contribution >= 4 is 28.6 Å². The number of fused-ring (bicyclic) bond motifs is 9. The number of allylic oxidation sites excluding steroid dienone is 1. The second kappa shape index (κ2) is 10.9. The Morgan fingerprint density at radius 3 is 1.92 bits per heavy atom. The number of aromatic nitrogens is 3. The van der Waals surface area contributed by atoms with E-state index in [1.165, 1.54) is 65.1 Å². The van der Waals surface area contributed by atoms with Crippen LogP contribution in [0.3, 0.4) is 0 Å². The highest BCUT2D eigenvalue weighted by Gasteiger charge is 2.50. The van der Waals surface area contributed by atoms with Gasteiger partial charge in [0.15, 0.2) is 17.5 Å². The summed E-state index contributed by atoms with van der Waals surface area (Å²) in [6, 6.07) is 54.8. The first kappa shape index (κ1) is 28.7. The van der Waals surface area contributed by atoms with Gasteiger partial charge in [-0.2, -0.15) is 0 Å². The third-order valence-corrected chi connectivity index (χ3v) is 12.0. The van der Waals surface area contributed by atoms with Crippen LogP contribution in [0.2, 0.25) is 0 Å². The Morgan fingerprint density at radius 1 is 0.490 bits per heavy atom. The zero-order chi connectivity index (χ0) is 33.5. The first-order valence-electron chi connectivity index (χ1n) is 17.4. The smallest absolute Gasteiger partial charge is 0.165 e. The molecule has 4 heteroatoms. The molecule has 51 heavy (non-hydrogen) atoms. The Hall–Kier alpha value is -6.10. The minimum atomic E-state index is -0.469. The number of rotatable bonds is 3. The molecule has 0 amide bonds. The third kappa shape index (κ3) is 4.11. The van der Waals surface area contributed by atoms with Crippen LogP contribution < -0.4 is 0 Å². The summed E-state index contributed by atoms with van der Waals surface area (Å²) in [5.41, 5.74) is 12.8. The van der Waals surface area contributed by atoms with Gasteiger partial charge >= 0.3 is 0 Å². The molecule has 2 aliphatic carbocycles. The summed E-state index contributed by atoms with van der Waals surface area (Å²) in [4.78, 5) is 18.2. The average Bonchev–Trinajstić information content (AvgIpc) is 3.49. The molecule has 1 aliphatic heterocycles. The normalized spacial score (nSPS) is 14.2. The van der Waals surface area contributed by atoms with Crippen molar-refractivity contribution in [2.24, 2.45) is 0 Å². The molecular formula is C47H29N3S. The van der Waals surface area contributed by atoms with Gasteiger partial charge in [0.05, 0.1) is 5.41 Å². The molecule has 0 atom stereocenters. The fraction of sp³-hybridized carbons (Fsp3) is 0.0426. The van der Waals surface area contributed by atoms with Gasteiger partial charge in [0.1, 0.15) is 0 Å². The van der Waals surface area contributed by atoms with Crippen LogP contribution in [-0.2, 0) is 11.8 Å². The van der Waals surface area contributed by atoms with Crippen LogP contribution in [0.25, 0.3) is 62.1 Å². The maximum atomic E-state index is 5.33. The van der Waals surface area contributed by atoms with E-state index in [2.05, 4.69) is 146 Å². The van der Waals surface area contributed by atoms with Crippen molar-refractivity contribution in [1.29, 1.82) is 0 Å². The molecule has 2 heterocycles. The first-order chi connectivity index (χ1) is 25.3. The van der Waals surface area contributed by atoms with E-state index in [1.54, 1.807) is 0 Å². The van der Waals surface area contributed by atoms with E-state index >= 15 is 0 Å². The van der Waals surface area contributed by atoms with E-state index in [1.807, 2.05) is 30.0 Å². The molecule has 0 N–H and O–H groups in total. The quantitative estimate of drug-likeness (QED) is 0.188. The van der Waals surface area contributed by atoms with E-state index in [9.17, 15) is 0 Å². The third-order valence-electron chi connectivity index (χ3n) is 10.8. The van der Waals surface area contributed by atoms with Crippen molar-refractivity contribution in [3.63, 3.8) is 0 Å². The summed E-state index contributed by atoms with van der Waals surface area (Å²) in [6.45, 7) is 0. The zero-order valence-electron chi connectivity index (χ0n) is 27.5. The SMILES string of the molecule is C1=Cc2cc(-c3nc(-c4ccccc4)nc(-c4cccc5c4Sc4ccccc4C54c5ccccc5-c5ccccc54)n3)cc3cccc(c23)C1. The average molecular weight is 668 g/mol. The summed E-state index contributed by atoms with van der Waals surface area (Å²) < 4.78 is 0. The summed E-state index contributed by atoms with van der Waals surface area (Å²) in [7, 11) is 0. The fourth-order valence-electron chi connectivity index (χ4n) is 8.68. The van der Waals surface area contributed by atoms with Gasteiger partial charge in [-0.3, -0.25) is 0 Å². The second-order valence-electron chi connectivity index (χ2n) is 13.5. The largest absolute Gasteiger partial charge is 0.208 e. The van der Waals surface area contributed by atoms with Gasteiger partial charge in [-0.05, 0) is 79.9 Å². The highest BCUT2D eigenvalue weighted by atomic mass is 32.2. The van der Waals surface area contributed by atoms with Gasteiger partial charge in [-0.15, -0.1) is 0 Å². The van der Waals surface area contributed by atoms with Crippen LogP contribution in [0, 0.1) is 0 Å². The molecule has 1 aromatic heterocycles. The Bertz CT molecular complexity index is 2720. The highest BCUT2D eigenvalue weighted by molar-refractivity contribution is 7.99. The Kier molecular flexibility index (Phi) is 6.16. The molecule has 0 saturated heterocycles. The van der Waals surface area contributed by atoms with Gasteiger partial charge in [-0.1, -0.05) is 157 Å². The summed E-state index contributed by atoms with van der Waals surface area (Å²) in [5, 5.41) is 2.52. The van der Waals surface area contributed by atoms with E-state index in [4.69, 9.17) is 15.0 Å². The number of hydrogen-bond donors (Lipinski definition) is 0. The molecule has 0 fully saturated rings. The minimum Gasteiger partial charge on any atom is -0.208 e. The van der Waals surface area contributed by atoms with Gasteiger partial charge in [0, 0.05) is 26.5 Å². The maximum Gasteiger partial charge on any atom is 0.165 e. The summed E-state index contributed by atoms with van der Waals surface area (Å²) >= 11 is 1.83. The molecule has 8 aromatic rings. The summed E-state index contributed by atoms with van der Waals surface area (Å²) in [5.74, 6) is 2.01. The van der Waals surface area contributed by atoms with Crippen LogP contribution in [0.5, 0.6) is 0 Å². The lowest BCUT2D eigenvalue weighted by molar-refractivity contribution is 0.722. The number of hydrogen-bond acceptors (Lipinski definition) is 4. The number of nitrogens with zero attached hydrogens (tertiary/aromatic N) is 3. The lowest BCUT2D eigenvalue weighted by Gasteiger charge is -2.40. The molecule has 238 valence electrons. The van der Waals surface area contributed by atoms with Crippen molar-refractivity contribution in [2.45, 2.75) is 21.6 Å². The van der Waals surface area contributed by atoms with Crippen LogP contribution >= 0.6 is 11.8 Å². The molecule has 0 radical (unpaired) electrons. The van der Waals surface area contributed by atoms with E-state index in [0.29, 0.717) is 17.5 Å². The van der Waals surface area contributed by atoms with Gasteiger partial charge in [0.25, 0.3) is 0 Å². The zero-order valence-corrected chi connectivity index (χ0v) is 28.4. The molecule has 0 unspecified atom stereocenters. The predicted octanol–water partition coefficient (Wildman–Crippen LogP) is 11.4. The Labute approximate surface area is 300 Å². The fourth-order valence-corrected chi connectivity index (χ4v) is 9.98. The maximum absolute atomic E-state index is 5.33. The second-order valence-corrected chi connectivity index (χ2v) is 14.5. The van der Waals surface area contributed by atoms with Crippen molar-refractivity contribution in [3.8, 4) is 45.3 Å². The molecular weight excluding hydrogens is 639 g/mol. The molecule has 0 saturated carbocycles. The van der Waals surface area contributed by atoms with Crippen LogP contribution in [-0.4, -0.2) is 15.0 Å². The lowest BCUT2D eigenvalue weighted by Crippen LogP contribution is -2.32. The van der Waals surface area contributed by atoms with Gasteiger partial charge in [0.2, 0.25) is 0 Å². The van der Waals surface area contributed by atoms with Crippen molar-refractivity contribution in [2.75, 3.05) is 0 Å². The van der Waals surface area contributed by atoms with Gasteiger partial charge in [-0.25, -0.2) is 15.0 Å². The number of benzene rings is 7. The van der Waals surface area contributed by atoms with Crippen molar-refractivity contribution in [3.05, 3.63) is 191 Å². The first-order valence-corrected chi connectivity index (χ1v) is 18.2. The lowest BCUT2D eigenvalue weighted by atomic mass is 9.67. The topological polar surface area (TPSA) is 38.7 Å². The summed E-state index contributed by atoms with van der Waals surface area (Å²) in [6.07, 6.45) is 5.43. The highest BCUT2D eigenvalue weighted by Crippen LogP contribution is 2.63. The van der Waals surface area contributed by atoms with Gasteiger partial charge < -0.3 is 0 Å². The monoisotopic (exact) mass is 667 g/mol. The standard InChI is InChI=1S/C47H29N3S/c1-2-13-30(14-3-1)44-48-45(33-27-31-17-10-15-29-16-11-18-32(28-33)42(29)31)50-46(49-44)36-21-12-25-40-43(36)51-41-26-9-8-24-39(41)47(40)37-22-6-4-19-34(37)35-20-5-7-23-38(35)47/h1-15,17-28H,16H2. The molecule has 1 spiro atoms. The van der Waals surface area contributed by atoms with E-state index in [-0.39, 0.29) is 0 Å².